The van der Waals surface area contributed by atoms with Crippen LogP contribution in [-0.2, 0) is 4.74 Å². The molecule has 0 bridgehead atoms. The number of hydrogen-bond donors (Lipinski definition) is 1. The minimum atomic E-state index is 0.404. The highest BCUT2D eigenvalue weighted by molar-refractivity contribution is 7.98. The molecule has 1 rings (SSSR count). The van der Waals surface area contributed by atoms with E-state index in [1.54, 1.807) is 11.8 Å². The second-order valence-corrected chi connectivity index (χ2v) is 6.15. The van der Waals surface area contributed by atoms with Crippen LogP contribution >= 0.6 is 11.8 Å². The van der Waals surface area contributed by atoms with Gasteiger partial charge in [0.1, 0.15) is 0 Å². The maximum atomic E-state index is 5.57. The molecule has 1 atom stereocenters. The maximum Gasteiger partial charge on any atom is 0.0489 e. The highest BCUT2D eigenvalue weighted by atomic mass is 32.2. The summed E-state index contributed by atoms with van der Waals surface area (Å²) in [5.41, 5.74) is 1.35. The van der Waals surface area contributed by atoms with Crippen LogP contribution in [0.5, 0.6) is 0 Å². The lowest BCUT2D eigenvalue weighted by Gasteiger charge is -2.15. The average molecular weight is 281 g/mol. The fraction of sp³-hybridized carbons (Fsp3) is 0.625. The summed E-state index contributed by atoms with van der Waals surface area (Å²) in [7, 11) is 0. The zero-order valence-corrected chi connectivity index (χ0v) is 13.4. The first-order valence-corrected chi connectivity index (χ1v) is 8.31. The summed E-state index contributed by atoms with van der Waals surface area (Å²) < 4.78 is 5.57. The second-order valence-electron chi connectivity index (χ2n) is 5.27. The zero-order chi connectivity index (χ0) is 14.1. The molecule has 0 fully saturated rings. The first-order chi connectivity index (χ1) is 9.13. The van der Waals surface area contributed by atoms with Crippen molar-refractivity contribution >= 4 is 11.8 Å². The van der Waals surface area contributed by atoms with Gasteiger partial charge in [0.15, 0.2) is 0 Å². The fourth-order valence-electron chi connectivity index (χ4n) is 1.82. The molecule has 1 aromatic rings. The van der Waals surface area contributed by atoms with Crippen LogP contribution in [0.4, 0.5) is 0 Å². The van der Waals surface area contributed by atoms with Crippen molar-refractivity contribution < 1.29 is 4.74 Å². The second kappa shape index (κ2) is 9.40. The third-order valence-electron chi connectivity index (χ3n) is 2.98. The molecule has 0 spiro atoms. The molecule has 2 nitrogen and oxygen atoms in total. The van der Waals surface area contributed by atoms with Gasteiger partial charge in [-0.25, -0.2) is 0 Å². The van der Waals surface area contributed by atoms with Gasteiger partial charge in [-0.2, -0.15) is 0 Å². The Balaban J connectivity index is 2.17. The molecule has 0 aliphatic rings. The van der Waals surface area contributed by atoms with Crippen LogP contribution in [-0.4, -0.2) is 26.0 Å². The lowest BCUT2D eigenvalue weighted by atomic mass is 10.1. The van der Waals surface area contributed by atoms with Gasteiger partial charge in [0.2, 0.25) is 0 Å². The predicted molar refractivity (Wildman–Crippen MR) is 84.9 cm³/mol. The highest BCUT2D eigenvalue weighted by Crippen LogP contribution is 2.18. The summed E-state index contributed by atoms with van der Waals surface area (Å²) >= 11 is 1.78. The van der Waals surface area contributed by atoms with E-state index in [4.69, 9.17) is 4.74 Å². The third kappa shape index (κ3) is 7.00. The first-order valence-electron chi connectivity index (χ1n) is 7.08. The summed E-state index contributed by atoms with van der Waals surface area (Å²) in [6.45, 7) is 9.29. The molecule has 0 aliphatic carbocycles. The Kier molecular flexibility index (Phi) is 8.19. The van der Waals surface area contributed by atoms with Gasteiger partial charge in [-0.15, -0.1) is 11.8 Å². The molecule has 0 amide bonds. The lowest BCUT2D eigenvalue weighted by Crippen LogP contribution is -2.21. The van der Waals surface area contributed by atoms with Crippen molar-refractivity contribution in [3.63, 3.8) is 0 Å². The molecule has 1 unspecified atom stereocenters. The van der Waals surface area contributed by atoms with Gasteiger partial charge < -0.3 is 10.1 Å². The van der Waals surface area contributed by atoms with Crippen LogP contribution in [0.3, 0.4) is 0 Å². The van der Waals surface area contributed by atoms with Gasteiger partial charge in [0, 0.05) is 24.2 Å². The summed E-state index contributed by atoms with van der Waals surface area (Å²) in [6.07, 6.45) is 3.17. The molecule has 0 radical (unpaired) electrons. The molecule has 0 saturated heterocycles. The van der Waals surface area contributed by atoms with Crippen LogP contribution < -0.4 is 5.32 Å². The summed E-state index contributed by atoms with van der Waals surface area (Å²) in [4.78, 5) is 1.32. The standard InChI is InChI=1S/C16H27NOS/c1-13(2)12-18-11-5-10-17-14(3)15-6-8-16(19-4)9-7-15/h6-9,13-14,17H,5,10-12H2,1-4H3. The fourth-order valence-corrected chi connectivity index (χ4v) is 2.23. The van der Waals surface area contributed by atoms with E-state index in [1.165, 1.54) is 10.5 Å². The minimum absolute atomic E-state index is 0.404. The largest absolute Gasteiger partial charge is 0.381 e. The number of rotatable bonds is 9. The van der Waals surface area contributed by atoms with Crippen molar-refractivity contribution in [2.75, 3.05) is 26.0 Å². The van der Waals surface area contributed by atoms with Crippen molar-refractivity contribution in [2.45, 2.75) is 38.1 Å². The molecule has 0 aliphatic heterocycles. The van der Waals surface area contributed by atoms with Gasteiger partial charge in [-0.3, -0.25) is 0 Å². The SMILES string of the molecule is CSc1ccc(C(C)NCCCOCC(C)C)cc1. The van der Waals surface area contributed by atoms with Crippen molar-refractivity contribution in [2.24, 2.45) is 5.92 Å². The molecule has 3 heteroatoms. The van der Waals surface area contributed by atoms with Gasteiger partial charge in [0.05, 0.1) is 0 Å². The molecule has 1 aromatic carbocycles. The van der Waals surface area contributed by atoms with E-state index < -0.39 is 0 Å². The van der Waals surface area contributed by atoms with E-state index in [-0.39, 0.29) is 0 Å². The van der Waals surface area contributed by atoms with Crippen LogP contribution in [0.25, 0.3) is 0 Å². The molecule has 1 N–H and O–H groups in total. The topological polar surface area (TPSA) is 21.3 Å². The average Bonchev–Trinajstić information content (AvgIpc) is 2.42. The minimum Gasteiger partial charge on any atom is -0.381 e. The summed E-state index contributed by atoms with van der Waals surface area (Å²) in [6, 6.07) is 9.19. The van der Waals surface area contributed by atoms with Crippen molar-refractivity contribution in [3.8, 4) is 0 Å². The van der Waals surface area contributed by atoms with Gasteiger partial charge in [-0.1, -0.05) is 26.0 Å². The molecule has 0 aromatic heterocycles. The number of thioether (sulfide) groups is 1. The zero-order valence-electron chi connectivity index (χ0n) is 12.6. The normalized spacial score (nSPS) is 12.9. The van der Waals surface area contributed by atoms with Crippen molar-refractivity contribution in [3.05, 3.63) is 29.8 Å². The maximum absolute atomic E-state index is 5.57. The predicted octanol–water partition coefficient (Wildman–Crippen LogP) is 4.12. The van der Waals surface area contributed by atoms with Crippen molar-refractivity contribution in [1.82, 2.24) is 5.32 Å². The highest BCUT2D eigenvalue weighted by Gasteiger charge is 2.04. The Morgan fingerprint density at radius 1 is 1.16 bits per heavy atom. The quantitative estimate of drug-likeness (QED) is 0.543. The number of nitrogens with one attached hydrogen (secondary N) is 1. The number of benzene rings is 1. The molecule has 108 valence electrons. The van der Waals surface area contributed by atoms with Crippen LogP contribution in [0.2, 0.25) is 0 Å². The van der Waals surface area contributed by atoms with Crippen molar-refractivity contribution in [1.29, 1.82) is 0 Å². The number of ether oxygens (including phenoxy) is 1. The smallest absolute Gasteiger partial charge is 0.0489 e. The van der Waals surface area contributed by atoms with Gasteiger partial charge in [0.25, 0.3) is 0 Å². The van der Waals surface area contributed by atoms with Crippen LogP contribution in [0.15, 0.2) is 29.2 Å². The van der Waals surface area contributed by atoms with E-state index in [1.807, 2.05) is 0 Å². The molecule has 19 heavy (non-hydrogen) atoms. The molecular formula is C16H27NOS. The van der Waals surface area contributed by atoms with E-state index in [9.17, 15) is 0 Å². The van der Waals surface area contributed by atoms with E-state index >= 15 is 0 Å². The third-order valence-corrected chi connectivity index (χ3v) is 3.73. The molecule has 0 saturated carbocycles. The Morgan fingerprint density at radius 2 is 1.84 bits per heavy atom. The molecule has 0 heterocycles. The lowest BCUT2D eigenvalue weighted by molar-refractivity contribution is 0.107. The Labute approximate surface area is 122 Å². The van der Waals surface area contributed by atoms with E-state index in [2.05, 4.69) is 56.6 Å². The molecular weight excluding hydrogens is 254 g/mol. The Hall–Kier alpha value is -0.510. The summed E-state index contributed by atoms with van der Waals surface area (Å²) in [5, 5.41) is 3.54. The Bertz CT molecular complexity index is 337. The van der Waals surface area contributed by atoms with Crippen LogP contribution in [0.1, 0.15) is 38.8 Å². The van der Waals surface area contributed by atoms with E-state index in [0.717, 1.165) is 26.2 Å². The Morgan fingerprint density at radius 3 is 2.42 bits per heavy atom. The first kappa shape index (κ1) is 16.5. The summed E-state index contributed by atoms with van der Waals surface area (Å²) in [5.74, 6) is 0.627. The number of hydrogen-bond acceptors (Lipinski definition) is 3. The monoisotopic (exact) mass is 281 g/mol. The van der Waals surface area contributed by atoms with E-state index in [0.29, 0.717) is 12.0 Å². The van der Waals surface area contributed by atoms with Gasteiger partial charge >= 0.3 is 0 Å². The van der Waals surface area contributed by atoms with Crippen LogP contribution in [0, 0.1) is 5.92 Å². The van der Waals surface area contributed by atoms with Gasteiger partial charge in [-0.05, 0) is 49.8 Å².